The molecule has 3 rings (SSSR count). The zero-order valence-electron chi connectivity index (χ0n) is 12.8. The Balaban J connectivity index is 1.80. The summed E-state index contributed by atoms with van der Waals surface area (Å²) < 4.78 is 0. The summed E-state index contributed by atoms with van der Waals surface area (Å²) in [6, 6.07) is 10.2. The number of nitrogens with two attached hydrogens (primary N) is 1. The molecule has 1 atom stereocenters. The molecule has 122 valence electrons. The predicted molar refractivity (Wildman–Crippen MR) is 94.7 cm³/mol. The van der Waals surface area contributed by atoms with Crippen LogP contribution in [0.1, 0.15) is 22.0 Å². The highest BCUT2D eigenvalue weighted by molar-refractivity contribution is 7.10. The summed E-state index contributed by atoms with van der Waals surface area (Å²) >= 11 is 7.83. The SMILES string of the molecule is NCC(=O)NCC(c1ccc(Cl)cc1)N1CCc2sccc2C1. The number of amides is 1. The van der Waals surface area contributed by atoms with Crippen LogP contribution >= 0.6 is 22.9 Å². The molecule has 1 unspecified atom stereocenters. The van der Waals surface area contributed by atoms with Crippen molar-refractivity contribution >= 4 is 28.8 Å². The van der Waals surface area contributed by atoms with Gasteiger partial charge >= 0.3 is 0 Å². The van der Waals surface area contributed by atoms with E-state index in [1.807, 2.05) is 35.6 Å². The molecule has 2 aromatic rings. The second-order valence-electron chi connectivity index (χ2n) is 5.67. The van der Waals surface area contributed by atoms with Crippen LogP contribution in [-0.2, 0) is 17.8 Å². The van der Waals surface area contributed by atoms with Crippen molar-refractivity contribution in [3.8, 4) is 0 Å². The summed E-state index contributed by atoms with van der Waals surface area (Å²) in [6.45, 7) is 2.46. The van der Waals surface area contributed by atoms with Crippen LogP contribution in [-0.4, -0.2) is 30.4 Å². The molecule has 0 saturated carbocycles. The number of carbonyl (C=O) groups is 1. The van der Waals surface area contributed by atoms with E-state index < -0.39 is 0 Å². The lowest BCUT2D eigenvalue weighted by Gasteiger charge is -2.35. The van der Waals surface area contributed by atoms with E-state index in [1.165, 1.54) is 10.4 Å². The second-order valence-corrected chi connectivity index (χ2v) is 7.10. The molecular formula is C17H20ClN3OS. The minimum Gasteiger partial charge on any atom is -0.353 e. The Kier molecular flexibility index (Phi) is 5.33. The van der Waals surface area contributed by atoms with Crippen LogP contribution in [0.25, 0.3) is 0 Å². The Labute approximate surface area is 145 Å². The van der Waals surface area contributed by atoms with Gasteiger partial charge in [0.25, 0.3) is 0 Å². The molecule has 0 radical (unpaired) electrons. The van der Waals surface area contributed by atoms with E-state index in [4.69, 9.17) is 17.3 Å². The fourth-order valence-corrected chi connectivity index (χ4v) is 3.98. The van der Waals surface area contributed by atoms with Crippen LogP contribution < -0.4 is 11.1 Å². The average molecular weight is 350 g/mol. The molecule has 23 heavy (non-hydrogen) atoms. The second kappa shape index (κ2) is 7.45. The molecule has 0 fully saturated rings. The number of thiophene rings is 1. The highest BCUT2D eigenvalue weighted by atomic mass is 35.5. The number of fused-ring (bicyclic) bond motifs is 1. The monoisotopic (exact) mass is 349 g/mol. The molecule has 0 spiro atoms. The van der Waals surface area contributed by atoms with Crippen LogP contribution in [0.15, 0.2) is 35.7 Å². The number of rotatable bonds is 5. The van der Waals surface area contributed by atoms with E-state index >= 15 is 0 Å². The highest BCUT2D eigenvalue weighted by Crippen LogP contribution is 2.30. The van der Waals surface area contributed by atoms with Crippen molar-refractivity contribution in [1.29, 1.82) is 0 Å². The Morgan fingerprint density at radius 1 is 1.35 bits per heavy atom. The molecule has 0 saturated heterocycles. The third kappa shape index (κ3) is 3.93. The topological polar surface area (TPSA) is 58.4 Å². The largest absolute Gasteiger partial charge is 0.353 e. The first-order valence-corrected chi connectivity index (χ1v) is 8.94. The summed E-state index contributed by atoms with van der Waals surface area (Å²) in [6.07, 6.45) is 1.06. The Hall–Kier alpha value is -1.40. The maximum atomic E-state index is 11.6. The van der Waals surface area contributed by atoms with Gasteiger partial charge in [0.05, 0.1) is 12.6 Å². The third-order valence-corrected chi connectivity index (χ3v) is 5.49. The molecule has 0 aliphatic carbocycles. The van der Waals surface area contributed by atoms with Gasteiger partial charge in [-0.25, -0.2) is 0 Å². The molecule has 1 aromatic carbocycles. The van der Waals surface area contributed by atoms with Gasteiger partial charge in [-0.05, 0) is 41.1 Å². The molecule has 4 nitrogen and oxygen atoms in total. The average Bonchev–Trinajstić information content (AvgIpc) is 3.04. The molecule has 1 aliphatic heterocycles. The number of benzene rings is 1. The summed E-state index contributed by atoms with van der Waals surface area (Å²) in [4.78, 5) is 15.5. The minimum absolute atomic E-state index is 0.0159. The van der Waals surface area contributed by atoms with Gasteiger partial charge in [0.1, 0.15) is 0 Å². The Morgan fingerprint density at radius 3 is 2.87 bits per heavy atom. The normalized spacial score (nSPS) is 15.9. The van der Waals surface area contributed by atoms with E-state index in [0.29, 0.717) is 6.54 Å². The summed E-state index contributed by atoms with van der Waals surface area (Å²) in [5.41, 5.74) is 7.95. The van der Waals surface area contributed by atoms with Crippen molar-refractivity contribution in [2.24, 2.45) is 5.73 Å². The number of nitrogens with one attached hydrogen (secondary N) is 1. The van der Waals surface area contributed by atoms with Crippen molar-refractivity contribution in [2.75, 3.05) is 19.6 Å². The van der Waals surface area contributed by atoms with Gasteiger partial charge in [-0.3, -0.25) is 9.69 Å². The Bertz CT molecular complexity index is 671. The number of hydrogen-bond donors (Lipinski definition) is 2. The van der Waals surface area contributed by atoms with Crippen molar-refractivity contribution in [3.63, 3.8) is 0 Å². The van der Waals surface area contributed by atoms with Gasteiger partial charge in [0, 0.05) is 29.5 Å². The maximum absolute atomic E-state index is 11.6. The van der Waals surface area contributed by atoms with Gasteiger partial charge in [0.2, 0.25) is 5.91 Å². The lowest BCUT2D eigenvalue weighted by molar-refractivity contribution is -0.120. The highest BCUT2D eigenvalue weighted by Gasteiger charge is 2.25. The van der Waals surface area contributed by atoms with Crippen LogP contribution in [0.3, 0.4) is 0 Å². The third-order valence-electron chi connectivity index (χ3n) is 4.21. The van der Waals surface area contributed by atoms with Crippen LogP contribution in [0.4, 0.5) is 0 Å². The van der Waals surface area contributed by atoms with Crippen LogP contribution in [0, 0.1) is 0 Å². The van der Waals surface area contributed by atoms with E-state index in [2.05, 4.69) is 21.7 Å². The van der Waals surface area contributed by atoms with Crippen LogP contribution in [0.2, 0.25) is 5.02 Å². The fourth-order valence-electron chi connectivity index (χ4n) is 2.96. The van der Waals surface area contributed by atoms with Gasteiger partial charge in [-0.2, -0.15) is 0 Å². The van der Waals surface area contributed by atoms with Gasteiger partial charge in [0.15, 0.2) is 0 Å². The standard InChI is InChI=1S/C17H20ClN3OS/c18-14-3-1-12(2-4-14)15(10-20-17(22)9-19)21-7-5-16-13(11-21)6-8-23-16/h1-4,6,8,15H,5,7,9-11,19H2,(H,20,22). The van der Waals surface area contributed by atoms with Crippen LogP contribution in [0.5, 0.6) is 0 Å². The van der Waals surface area contributed by atoms with Crippen molar-refractivity contribution in [1.82, 2.24) is 10.2 Å². The van der Waals surface area contributed by atoms with E-state index in [1.54, 1.807) is 0 Å². The molecule has 0 bridgehead atoms. The van der Waals surface area contributed by atoms with E-state index in [0.717, 1.165) is 30.1 Å². The first-order valence-electron chi connectivity index (χ1n) is 7.69. The first-order chi connectivity index (χ1) is 11.2. The van der Waals surface area contributed by atoms with Gasteiger partial charge in [-0.1, -0.05) is 23.7 Å². The van der Waals surface area contributed by atoms with Gasteiger partial charge < -0.3 is 11.1 Å². The predicted octanol–water partition coefficient (Wildman–Crippen LogP) is 2.58. The summed E-state index contributed by atoms with van der Waals surface area (Å²) in [5.74, 6) is -0.128. The number of hydrogen-bond acceptors (Lipinski definition) is 4. The lowest BCUT2D eigenvalue weighted by atomic mass is 10.0. The van der Waals surface area contributed by atoms with Crippen molar-refractivity contribution in [3.05, 3.63) is 56.7 Å². The van der Waals surface area contributed by atoms with Gasteiger partial charge in [-0.15, -0.1) is 11.3 Å². The number of carbonyl (C=O) groups excluding carboxylic acids is 1. The molecule has 2 heterocycles. The molecule has 3 N–H and O–H groups in total. The zero-order valence-corrected chi connectivity index (χ0v) is 14.4. The van der Waals surface area contributed by atoms with E-state index in [-0.39, 0.29) is 18.5 Å². The Morgan fingerprint density at radius 2 is 2.13 bits per heavy atom. The molecule has 1 aromatic heterocycles. The molecule has 6 heteroatoms. The summed E-state index contributed by atoms with van der Waals surface area (Å²) in [7, 11) is 0. The fraction of sp³-hybridized carbons (Fsp3) is 0.353. The zero-order chi connectivity index (χ0) is 16.2. The number of halogens is 1. The van der Waals surface area contributed by atoms with Crippen molar-refractivity contribution in [2.45, 2.75) is 19.0 Å². The smallest absolute Gasteiger partial charge is 0.233 e. The van der Waals surface area contributed by atoms with E-state index in [9.17, 15) is 4.79 Å². The molecule has 1 aliphatic rings. The lowest BCUT2D eigenvalue weighted by Crippen LogP contribution is -2.41. The summed E-state index contributed by atoms with van der Waals surface area (Å²) in [5, 5.41) is 5.80. The first kappa shape index (κ1) is 16.5. The molecular weight excluding hydrogens is 330 g/mol. The maximum Gasteiger partial charge on any atom is 0.233 e. The minimum atomic E-state index is -0.128. The number of nitrogens with zero attached hydrogens (tertiary/aromatic N) is 1. The quantitative estimate of drug-likeness (QED) is 0.872. The molecule has 1 amide bonds. The van der Waals surface area contributed by atoms with Crippen molar-refractivity contribution < 1.29 is 4.79 Å².